The minimum Gasteiger partial charge on any atom is -0.479 e. The number of nitrogens with one attached hydrogen (secondary N) is 1. The third kappa shape index (κ3) is 4.24. The Morgan fingerprint density at radius 1 is 0.968 bits per heavy atom. The molecule has 5 nitrogen and oxygen atoms in total. The minimum atomic E-state index is -0.816. The Kier molecular flexibility index (Phi) is 5.65. The van der Waals surface area contributed by atoms with Crippen molar-refractivity contribution in [3.05, 3.63) is 79.9 Å². The second-order valence-electron chi connectivity index (χ2n) is 7.40. The fourth-order valence-corrected chi connectivity index (χ4v) is 3.70. The van der Waals surface area contributed by atoms with Gasteiger partial charge in [-0.1, -0.05) is 23.2 Å². The molecule has 1 amide bonds. The van der Waals surface area contributed by atoms with Gasteiger partial charge in [0.2, 0.25) is 5.43 Å². The third-order valence-corrected chi connectivity index (χ3v) is 5.65. The van der Waals surface area contributed by atoms with Gasteiger partial charge in [0, 0.05) is 16.8 Å². The minimum absolute atomic E-state index is 0.105. The second kappa shape index (κ2) is 8.25. The zero-order valence-electron chi connectivity index (χ0n) is 17.1. The largest absolute Gasteiger partial charge is 0.479 e. The van der Waals surface area contributed by atoms with Gasteiger partial charge in [0.25, 0.3) is 5.91 Å². The fourth-order valence-electron chi connectivity index (χ4n) is 3.25. The van der Waals surface area contributed by atoms with Crippen molar-refractivity contribution >= 4 is 56.7 Å². The van der Waals surface area contributed by atoms with Gasteiger partial charge in [-0.2, -0.15) is 0 Å². The number of benzene rings is 3. The zero-order valence-corrected chi connectivity index (χ0v) is 18.6. The van der Waals surface area contributed by atoms with Crippen LogP contribution in [0.25, 0.3) is 21.9 Å². The molecule has 0 saturated heterocycles. The third-order valence-electron chi connectivity index (χ3n) is 5.12. The summed E-state index contributed by atoms with van der Waals surface area (Å²) in [6.45, 7) is 5.53. The summed E-state index contributed by atoms with van der Waals surface area (Å²) in [5.74, 6) is -0.0182. The van der Waals surface area contributed by atoms with E-state index in [0.717, 1.165) is 11.1 Å². The molecule has 0 radical (unpaired) electrons. The topological polar surface area (TPSA) is 68.5 Å². The van der Waals surface area contributed by atoms with E-state index in [0.29, 0.717) is 43.4 Å². The summed E-state index contributed by atoms with van der Waals surface area (Å²) in [6, 6.07) is 13.4. The van der Waals surface area contributed by atoms with Crippen LogP contribution in [0.5, 0.6) is 5.75 Å². The molecule has 158 valence electrons. The van der Waals surface area contributed by atoms with E-state index < -0.39 is 6.10 Å². The van der Waals surface area contributed by atoms with Crippen LogP contribution >= 0.6 is 23.2 Å². The molecule has 0 saturated carbocycles. The van der Waals surface area contributed by atoms with Gasteiger partial charge in [-0.15, -0.1) is 0 Å². The van der Waals surface area contributed by atoms with Crippen LogP contribution in [0.4, 0.5) is 5.69 Å². The molecule has 1 unspecified atom stereocenters. The van der Waals surface area contributed by atoms with Gasteiger partial charge in [0.1, 0.15) is 16.9 Å². The molecule has 4 aromatic rings. The maximum atomic E-state index is 12.9. The van der Waals surface area contributed by atoms with E-state index in [1.807, 2.05) is 26.0 Å². The van der Waals surface area contributed by atoms with Gasteiger partial charge in [-0.25, -0.2) is 0 Å². The van der Waals surface area contributed by atoms with Crippen molar-refractivity contribution in [2.24, 2.45) is 0 Å². The molecule has 1 atom stereocenters. The van der Waals surface area contributed by atoms with Crippen molar-refractivity contribution in [1.29, 1.82) is 0 Å². The molecule has 0 bridgehead atoms. The number of rotatable bonds is 4. The van der Waals surface area contributed by atoms with Gasteiger partial charge in [0.15, 0.2) is 6.10 Å². The maximum Gasteiger partial charge on any atom is 0.265 e. The van der Waals surface area contributed by atoms with Crippen LogP contribution in [0.15, 0.2) is 57.7 Å². The summed E-state index contributed by atoms with van der Waals surface area (Å²) >= 11 is 12.0. The summed E-state index contributed by atoms with van der Waals surface area (Å²) in [6.07, 6.45) is -0.816. The molecular formula is C24H19Cl2NO4. The monoisotopic (exact) mass is 455 g/mol. The maximum absolute atomic E-state index is 12.9. The molecule has 1 aromatic heterocycles. The lowest BCUT2D eigenvalue weighted by Crippen LogP contribution is -2.30. The molecule has 0 spiro atoms. The van der Waals surface area contributed by atoms with Crippen molar-refractivity contribution in [2.75, 3.05) is 5.32 Å². The smallest absolute Gasteiger partial charge is 0.265 e. The van der Waals surface area contributed by atoms with Crippen molar-refractivity contribution in [2.45, 2.75) is 26.9 Å². The van der Waals surface area contributed by atoms with Gasteiger partial charge >= 0.3 is 0 Å². The summed E-state index contributed by atoms with van der Waals surface area (Å²) in [5, 5.41) is 4.56. The van der Waals surface area contributed by atoms with Crippen LogP contribution in [0, 0.1) is 13.8 Å². The number of amides is 1. The number of ether oxygens (including phenoxy) is 1. The molecule has 3 aromatic carbocycles. The van der Waals surface area contributed by atoms with Crippen LogP contribution in [0.2, 0.25) is 10.0 Å². The van der Waals surface area contributed by atoms with Crippen molar-refractivity contribution in [1.82, 2.24) is 0 Å². The summed E-state index contributed by atoms with van der Waals surface area (Å²) in [5.41, 5.74) is 3.35. The van der Waals surface area contributed by atoms with Crippen LogP contribution in [-0.2, 0) is 4.79 Å². The Balaban J connectivity index is 1.60. The molecule has 4 rings (SSSR count). The van der Waals surface area contributed by atoms with E-state index in [-0.39, 0.29) is 11.3 Å². The van der Waals surface area contributed by atoms with E-state index in [4.69, 9.17) is 32.4 Å². The Bertz CT molecular complexity index is 1390. The first kappa shape index (κ1) is 21.2. The number of hydrogen-bond donors (Lipinski definition) is 1. The highest BCUT2D eigenvalue weighted by Crippen LogP contribution is 2.29. The Morgan fingerprint density at radius 3 is 2.42 bits per heavy atom. The number of anilines is 1. The van der Waals surface area contributed by atoms with Crippen LogP contribution < -0.4 is 15.5 Å². The number of halogens is 2. The van der Waals surface area contributed by atoms with Crippen molar-refractivity contribution in [3.63, 3.8) is 0 Å². The first-order valence-electron chi connectivity index (χ1n) is 9.63. The van der Waals surface area contributed by atoms with E-state index in [1.165, 1.54) is 0 Å². The lowest BCUT2D eigenvalue weighted by atomic mass is 10.1. The summed E-state index contributed by atoms with van der Waals surface area (Å²) in [7, 11) is 0. The predicted molar refractivity (Wildman–Crippen MR) is 125 cm³/mol. The van der Waals surface area contributed by atoms with Crippen molar-refractivity contribution < 1.29 is 13.9 Å². The number of carbonyl (C=O) groups excluding carboxylic acids is 1. The Hall–Kier alpha value is -3.02. The molecule has 7 heteroatoms. The fraction of sp³-hybridized carbons (Fsp3) is 0.167. The molecule has 0 aliphatic heterocycles. The van der Waals surface area contributed by atoms with Gasteiger partial charge < -0.3 is 14.5 Å². The molecule has 0 aliphatic carbocycles. The second-order valence-corrected chi connectivity index (χ2v) is 8.24. The molecule has 1 heterocycles. The van der Waals surface area contributed by atoms with Crippen LogP contribution in [0.1, 0.15) is 18.1 Å². The lowest BCUT2D eigenvalue weighted by Gasteiger charge is -2.16. The first-order chi connectivity index (χ1) is 14.7. The quantitative estimate of drug-likeness (QED) is 0.367. The van der Waals surface area contributed by atoms with E-state index in [2.05, 4.69) is 5.32 Å². The first-order valence-corrected chi connectivity index (χ1v) is 10.4. The van der Waals surface area contributed by atoms with E-state index in [1.54, 1.807) is 43.3 Å². The molecular weight excluding hydrogens is 437 g/mol. The van der Waals surface area contributed by atoms with E-state index in [9.17, 15) is 9.59 Å². The highest BCUT2D eigenvalue weighted by atomic mass is 35.5. The van der Waals surface area contributed by atoms with Crippen LogP contribution in [-0.4, -0.2) is 12.0 Å². The average Bonchev–Trinajstić information content (AvgIpc) is 2.71. The Labute approximate surface area is 188 Å². The number of hydrogen-bond acceptors (Lipinski definition) is 4. The molecule has 0 fully saturated rings. The lowest BCUT2D eigenvalue weighted by molar-refractivity contribution is -0.122. The summed E-state index contributed by atoms with van der Waals surface area (Å²) in [4.78, 5) is 25.5. The molecule has 0 aliphatic rings. The molecule has 31 heavy (non-hydrogen) atoms. The molecule has 1 N–H and O–H groups in total. The standard InChI is InChI=1S/C24H19Cl2NO4/c1-12-8-18-21(9-13(12)2)31-22-11-16(5-6-17(22)23(18)28)27-24(29)14(3)30-20-7-4-15(25)10-19(20)26/h4-11,14H,1-3H3,(H,27,29). The summed E-state index contributed by atoms with van der Waals surface area (Å²) < 4.78 is 11.6. The van der Waals surface area contributed by atoms with Gasteiger partial charge in [0.05, 0.1) is 15.8 Å². The average molecular weight is 456 g/mol. The number of carbonyl (C=O) groups is 1. The SMILES string of the molecule is Cc1cc2oc3cc(NC(=O)C(C)Oc4ccc(Cl)cc4Cl)ccc3c(=O)c2cc1C. The van der Waals surface area contributed by atoms with Crippen molar-refractivity contribution in [3.8, 4) is 5.75 Å². The van der Waals surface area contributed by atoms with Gasteiger partial charge in [-0.05, 0) is 74.4 Å². The van der Waals surface area contributed by atoms with Gasteiger partial charge in [-0.3, -0.25) is 9.59 Å². The highest BCUT2D eigenvalue weighted by molar-refractivity contribution is 6.35. The predicted octanol–water partition coefficient (Wildman–Crippen LogP) is 6.28. The zero-order chi connectivity index (χ0) is 22.3. The highest BCUT2D eigenvalue weighted by Gasteiger charge is 2.17. The normalized spacial score (nSPS) is 12.2. The Morgan fingerprint density at radius 2 is 1.68 bits per heavy atom. The van der Waals surface area contributed by atoms with E-state index >= 15 is 0 Å². The number of aryl methyl sites for hydroxylation is 2. The number of fused-ring (bicyclic) bond motifs is 2. The van der Waals surface area contributed by atoms with Crippen LogP contribution in [0.3, 0.4) is 0 Å².